The highest BCUT2D eigenvalue weighted by atomic mass is 28.3. The molecule has 94 valence electrons. The van der Waals surface area contributed by atoms with Crippen LogP contribution in [-0.2, 0) is 0 Å². The van der Waals surface area contributed by atoms with Crippen LogP contribution >= 0.6 is 0 Å². The van der Waals surface area contributed by atoms with Crippen LogP contribution in [0.1, 0.15) is 38.9 Å². The van der Waals surface area contributed by atoms with Crippen LogP contribution in [-0.4, -0.2) is 13.2 Å². The van der Waals surface area contributed by atoms with Crippen molar-refractivity contribution >= 4 is 13.5 Å². The van der Waals surface area contributed by atoms with Crippen LogP contribution in [0.5, 0.6) is 0 Å². The Balaban J connectivity index is 2.97. The summed E-state index contributed by atoms with van der Waals surface area (Å²) >= 11 is 0. The van der Waals surface area contributed by atoms with E-state index < -0.39 is 14.2 Å². The Hall–Kier alpha value is -0.983. The second kappa shape index (κ2) is 6.09. The molecule has 0 amide bonds. The molecule has 1 rings (SSSR count). The Bertz CT molecular complexity index is 377. The van der Waals surface area contributed by atoms with Gasteiger partial charge in [0, 0.05) is 12.0 Å². The largest absolute Gasteiger partial charge is 0.474 e. The zero-order valence-corrected chi connectivity index (χ0v) is 12.0. The molecular weight excluding hydrogens is 228 g/mol. The van der Waals surface area contributed by atoms with Crippen molar-refractivity contribution < 1.29 is 9.52 Å². The highest BCUT2D eigenvalue weighted by molar-refractivity contribution is 6.90. The predicted octanol–water partition coefficient (Wildman–Crippen LogP) is 3.05. The van der Waals surface area contributed by atoms with Crippen LogP contribution in [0.2, 0.25) is 18.1 Å². The average molecular weight is 250 g/mol. The summed E-state index contributed by atoms with van der Waals surface area (Å²) in [5.74, 6) is 2.48. The zero-order chi connectivity index (χ0) is 12.9. The topological polar surface area (TPSA) is 33.4 Å². The first-order chi connectivity index (χ1) is 8.13. The van der Waals surface area contributed by atoms with E-state index in [2.05, 4.69) is 26.7 Å². The summed E-state index contributed by atoms with van der Waals surface area (Å²) < 4.78 is 5.70. The average Bonchev–Trinajstić information content (AvgIpc) is 2.83. The van der Waals surface area contributed by atoms with Gasteiger partial charge >= 0.3 is 0 Å². The number of aliphatic hydroxyl groups is 1. The fraction of sp³-hybridized carbons (Fsp3) is 0.571. The van der Waals surface area contributed by atoms with Gasteiger partial charge in [-0.1, -0.05) is 38.9 Å². The van der Waals surface area contributed by atoms with E-state index >= 15 is 0 Å². The van der Waals surface area contributed by atoms with Crippen molar-refractivity contribution in [3.8, 4) is 12.3 Å². The Morgan fingerprint density at radius 3 is 2.41 bits per heavy atom. The SMILES string of the molecule is C#CC[C@H](O)c1coc([Si](CC)(CC)CC)c1. The smallest absolute Gasteiger partial charge is 0.131 e. The molecule has 0 saturated carbocycles. The molecule has 0 aliphatic rings. The molecule has 0 aromatic carbocycles. The normalized spacial score (nSPS) is 13.4. The maximum atomic E-state index is 9.83. The van der Waals surface area contributed by atoms with Crippen molar-refractivity contribution in [1.29, 1.82) is 0 Å². The zero-order valence-electron chi connectivity index (χ0n) is 11.0. The van der Waals surface area contributed by atoms with Crippen molar-refractivity contribution in [2.75, 3.05) is 0 Å². The lowest BCUT2D eigenvalue weighted by molar-refractivity contribution is 0.183. The first-order valence-corrected chi connectivity index (χ1v) is 8.96. The third kappa shape index (κ3) is 2.82. The van der Waals surface area contributed by atoms with Gasteiger partial charge < -0.3 is 9.52 Å². The summed E-state index contributed by atoms with van der Waals surface area (Å²) in [6, 6.07) is 5.55. The molecule has 0 fully saturated rings. The Kier molecular flexibility index (Phi) is 5.04. The number of rotatable bonds is 6. The van der Waals surface area contributed by atoms with E-state index in [0.29, 0.717) is 6.42 Å². The van der Waals surface area contributed by atoms with Gasteiger partial charge in [-0.2, -0.15) is 0 Å². The Morgan fingerprint density at radius 2 is 1.94 bits per heavy atom. The fourth-order valence-corrected chi connectivity index (χ4v) is 5.63. The van der Waals surface area contributed by atoms with Crippen molar-refractivity contribution in [3.05, 3.63) is 17.9 Å². The molecule has 1 aromatic rings. The van der Waals surface area contributed by atoms with Gasteiger partial charge in [0.1, 0.15) is 8.07 Å². The molecule has 0 unspecified atom stereocenters. The van der Waals surface area contributed by atoms with Crippen LogP contribution < -0.4 is 5.38 Å². The van der Waals surface area contributed by atoms with Gasteiger partial charge in [0.2, 0.25) is 0 Å². The Labute approximate surface area is 105 Å². The van der Waals surface area contributed by atoms with Crippen molar-refractivity contribution in [2.24, 2.45) is 0 Å². The summed E-state index contributed by atoms with van der Waals surface area (Å²) in [6.45, 7) is 6.71. The second-order valence-corrected chi connectivity index (χ2v) is 9.68. The lowest BCUT2D eigenvalue weighted by atomic mass is 10.1. The van der Waals surface area contributed by atoms with Gasteiger partial charge in [0.05, 0.1) is 17.8 Å². The molecule has 1 heterocycles. The molecule has 1 atom stereocenters. The number of aliphatic hydroxyl groups excluding tert-OH is 1. The highest BCUT2D eigenvalue weighted by Gasteiger charge is 2.33. The van der Waals surface area contributed by atoms with Crippen LogP contribution in [0.3, 0.4) is 0 Å². The molecule has 0 aliphatic carbocycles. The van der Waals surface area contributed by atoms with Gasteiger partial charge in [0.15, 0.2) is 0 Å². The fourth-order valence-electron chi connectivity index (χ4n) is 2.31. The van der Waals surface area contributed by atoms with Crippen molar-refractivity contribution in [2.45, 2.75) is 51.4 Å². The van der Waals surface area contributed by atoms with Crippen molar-refractivity contribution in [1.82, 2.24) is 0 Å². The van der Waals surface area contributed by atoms with Gasteiger partial charge in [-0.3, -0.25) is 0 Å². The quantitative estimate of drug-likeness (QED) is 0.622. The third-order valence-corrected chi connectivity index (χ3v) is 9.24. The summed E-state index contributed by atoms with van der Waals surface area (Å²) in [5.41, 5.74) is 0.824. The first kappa shape index (κ1) is 14.1. The van der Waals surface area contributed by atoms with Crippen molar-refractivity contribution in [3.63, 3.8) is 0 Å². The number of furan rings is 1. The van der Waals surface area contributed by atoms with E-state index in [-0.39, 0.29) is 0 Å². The molecule has 1 N–H and O–H groups in total. The lowest BCUT2D eigenvalue weighted by Crippen LogP contribution is -2.44. The van der Waals surface area contributed by atoms with Gasteiger partial charge in [0.25, 0.3) is 0 Å². The van der Waals surface area contributed by atoms with Gasteiger partial charge in [-0.15, -0.1) is 12.3 Å². The van der Waals surface area contributed by atoms with Gasteiger partial charge in [-0.25, -0.2) is 0 Å². The molecule has 3 heteroatoms. The molecule has 0 saturated heterocycles. The molecule has 17 heavy (non-hydrogen) atoms. The summed E-state index contributed by atoms with van der Waals surface area (Å²) in [7, 11) is -1.47. The molecule has 0 bridgehead atoms. The predicted molar refractivity (Wildman–Crippen MR) is 73.9 cm³/mol. The van der Waals surface area contributed by atoms with Crippen LogP contribution in [0.15, 0.2) is 16.7 Å². The summed E-state index contributed by atoms with van der Waals surface area (Å²) in [5, 5.41) is 10.9. The van der Waals surface area contributed by atoms with E-state index in [1.54, 1.807) is 6.26 Å². The van der Waals surface area contributed by atoms with E-state index in [9.17, 15) is 5.11 Å². The van der Waals surface area contributed by atoms with E-state index in [1.165, 1.54) is 18.1 Å². The Morgan fingerprint density at radius 1 is 1.35 bits per heavy atom. The molecule has 2 nitrogen and oxygen atoms in total. The number of terminal acetylenes is 1. The minimum Gasteiger partial charge on any atom is -0.474 e. The van der Waals surface area contributed by atoms with E-state index in [0.717, 1.165) is 10.9 Å². The first-order valence-electron chi connectivity index (χ1n) is 6.34. The highest BCUT2D eigenvalue weighted by Crippen LogP contribution is 2.23. The molecule has 0 radical (unpaired) electrons. The third-order valence-electron chi connectivity index (χ3n) is 3.87. The number of hydrogen-bond acceptors (Lipinski definition) is 2. The minimum absolute atomic E-state index is 0.345. The van der Waals surface area contributed by atoms with E-state index in [4.69, 9.17) is 10.8 Å². The molecule has 1 aromatic heterocycles. The molecule has 0 spiro atoms. The molecular formula is C14H22O2Si. The van der Waals surface area contributed by atoms with E-state index in [1.807, 2.05) is 6.07 Å². The maximum absolute atomic E-state index is 9.83. The van der Waals surface area contributed by atoms with Gasteiger partial charge in [-0.05, 0) is 6.07 Å². The lowest BCUT2D eigenvalue weighted by Gasteiger charge is -2.24. The standard InChI is InChI=1S/C14H22O2Si/c1-5-9-13(15)12-10-14(16-11-12)17(6-2,7-3)8-4/h1,10-11,13,15H,6-9H2,2-4H3/t13-/m0/s1. The minimum atomic E-state index is -1.47. The van der Waals surface area contributed by atoms with Crippen LogP contribution in [0.4, 0.5) is 0 Å². The van der Waals surface area contributed by atoms with Crippen LogP contribution in [0, 0.1) is 12.3 Å². The number of hydrogen-bond donors (Lipinski definition) is 1. The second-order valence-electron chi connectivity index (χ2n) is 4.51. The summed E-state index contributed by atoms with van der Waals surface area (Å²) in [4.78, 5) is 0. The molecule has 0 aliphatic heterocycles. The summed E-state index contributed by atoms with van der Waals surface area (Å²) in [6.07, 6.45) is 6.63. The maximum Gasteiger partial charge on any atom is 0.131 e. The monoisotopic (exact) mass is 250 g/mol. The van der Waals surface area contributed by atoms with Crippen LogP contribution in [0.25, 0.3) is 0 Å².